The summed E-state index contributed by atoms with van der Waals surface area (Å²) < 4.78 is 10.3. The minimum atomic E-state index is -0.708. The Morgan fingerprint density at radius 1 is 1.31 bits per heavy atom. The number of nitrogens with one attached hydrogen (secondary N) is 4. The molecule has 0 aliphatic heterocycles. The third-order valence-electron chi connectivity index (χ3n) is 3.19. The summed E-state index contributed by atoms with van der Waals surface area (Å²) in [6.07, 6.45) is 1.47. The summed E-state index contributed by atoms with van der Waals surface area (Å²) in [5, 5.41) is 12.1. The molecule has 138 valence electrons. The van der Waals surface area contributed by atoms with Crippen molar-refractivity contribution in [1.82, 2.24) is 20.6 Å². The van der Waals surface area contributed by atoms with Gasteiger partial charge in [0, 0.05) is 18.5 Å². The lowest BCUT2D eigenvalue weighted by Gasteiger charge is -2.07. The maximum absolute atomic E-state index is 11.8. The summed E-state index contributed by atoms with van der Waals surface area (Å²) in [4.78, 5) is 36.0. The molecule has 0 aliphatic carbocycles. The Morgan fingerprint density at radius 2 is 2.12 bits per heavy atom. The minimum absolute atomic E-state index is 0.0346. The molecule has 1 amide bonds. The van der Waals surface area contributed by atoms with E-state index in [1.165, 1.54) is 13.3 Å². The SMILES string of the molecule is COc1ccc(OC)c(/C=N/NC(=O)CCNc2n[nH]c(=O)[nH]c2=O)c1. The molecule has 0 bridgehead atoms. The van der Waals surface area contributed by atoms with Gasteiger partial charge < -0.3 is 14.8 Å². The van der Waals surface area contributed by atoms with Gasteiger partial charge in [-0.1, -0.05) is 0 Å². The molecule has 0 saturated carbocycles. The predicted molar refractivity (Wildman–Crippen MR) is 93.9 cm³/mol. The normalized spacial score (nSPS) is 10.5. The number of hydrogen-bond acceptors (Lipinski definition) is 8. The predicted octanol–water partition coefficient (Wildman–Crippen LogP) is -0.572. The molecule has 0 atom stereocenters. The van der Waals surface area contributed by atoms with Crippen molar-refractivity contribution < 1.29 is 14.3 Å². The van der Waals surface area contributed by atoms with Gasteiger partial charge in [-0.15, -0.1) is 5.10 Å². The molecule has 11 nitrogen and oxygen atoms in total. The van der Waals surface area contributed by atoms with E-state index in [4.69, 9.17) is 9.47 Å². The number of carbonyl (C=O) groups is 1. The van der Waals surface area contributed by atoms with Crippen molar-refractivity contribution in [1.29, 1.82) is 0 Å². The maximum Gasteiger partial charge on any atom is 0.342 e. The van der Waals surface area contributed by atoms with Crippen LogP contribution in [-0.2, 0) is 4.79 Å². The van der Waals surface area contributed by atoms with Crippen molar-refractivity contribution in [3.05, 3.63) is 44.6 Å². The minimum Gasteiger partial charge on any atom is -0.497 e. The third-order valence-corrected chi connectivity index (χ3v) is 3.19. The summed E-state index contributed by atoms with van der Waals surface area (Å²) in [7, 11) is 3.07. The Balaban J connectivity index is 1.86. The van der Waals surface area contributed by atoms with Gasteiger partial charge in [-0.2, -0.15) is 5.10 Å². The molecule has 1 aromatic heterocycles. The van der Waals surface area contributed by atoms with Gasteiger partial charge in [0.05, 0.1) is 20.4 Å². The first-order valence-electron chi connectivity index (χ1n) is 7.50. The Bertz CT molecular complexity index is 904. The first kappa shape index (κ1) is 18.7. The molecule has 2 aromatic rings. The summed E-state index contributed by atoms with van der Waals surface area (Å²) in [6, 6.07) is 5.18. The van der Waals surface area contributed by atoms with E-state index in [1.807, 2.05) is 4.98 Å². The number of nitrogens with zero attached hydrogens (tertiary/aromatic N) is 2. The van der Waals surface area contributed by atoms with E-state index in [-0.39, 0.29) is 24.7 Å². The Kier molecular flexibility index (Phi) is 6.48. The molecule has 2 rings (SSSR count). The zero-order valence-electron chi connectivity index (χ0n) is 14.2. The smallest absolute Gasteiger partial charge is 0.342 e. The van der Waals surface area contributed by atoms with Crippen LogP contribution in [0.3, 0.4) is 0 Å². The van der Waals surface area contributed by atoms with Crippen LogP contribution in [0.25, 0.3) is 0 Å². The van der Waals surface area contributed by atoms with Crippen molar-refractivity contribution in [3.63, 3.8) is 0 Å². The number of ether oxygens (including phenoxy) is 2. The van der Waals surface area contributed by atoms with Gasteiger partial charge in [0.1, 0.15) is 11.5 Å². The number of carbonyl (C=O) groups excluding carboxylic acids is 1. The second-order valence-electron chi connectivity index (χ2n) is 4.93. The molecule has 0 aliphatic rings. The molecular formula is C15H18N6O5. The van der Waals surface area contributed by atoms with Crippen molar-refractivity contribution in [2.45, 2.75) is 6.42 Å². The summed E-state index contributed by atoms with van der Waals surface area (Å²) >= 11 is 0. The fourth-order valence-electron chi connectivity index (χ4n) is 1.93. The second kappa shape index (κ2) is 9.01. The number of amides is 1. The van der Waals surface area contributed by atoms with Crippen LogP contribution in [-0.4, -0.2) is 48.1 Å². The van der Waals surface area contributed by atoms with Crippen LogP contribution in [0.4, 0.5) is 5.82 Å². The van der Waals surface area contributed by atoms with Crippen molar-refractivity contribution in [2.24, 2.45) is 5.10 Å². The zero-order chi connectivity index (χ0) is 18.9. The molecule has 0 radical (unpaired) electrons. The van der Waals surface area contributed by atoms with E-state index >= 15 is 0 Å². The number of rotatable bonds is 8. The average molecular weight is 362 g/mol. The number of H-pyrrole nitrogens is 2. The van der Waals surface area contributed by atoms with Crippen molar-refractivity contribution >= 4 is 17.9 Å². The number of hydrogen-bond donors (Lipinski definition) is 4. The lowest BCUT2D eigenvalue weighted by atomic mass is 10.2. The van der Waals surface area contributed by atoms with E-state index in [0.29, 0.717) is 17.1 Å². The second-order valence-corrected chi connectivity index (χ2v) is 4.93. The number of methoxy groups -OCH3 is 2. The third kappa shape index (κ3) is 5.19. The standard InChI is InChI=1S/C15H18N6O5/c1-25-10-3-4-11(26-2)9(7-10)8-17-19-12(22)5-6-16-13-14(23)18-15(24)21-20-13/h3-4,7-8H,5-6H2,1-2H3,(H,16,20)(H,19,22)(H2,18,21,23,24)/b17-8+. The largest absolute Gasteiger partial charge is 0.497 e. The molecule has 1 heterocycles. The Morgan fingerprint density at radius 3 is 2.81 bits per heavy atom. The highest BCUT2D eigenvalue weighted by Gasteiger charge is 2.05. The van der Waals surface area contributed by atoms with Crippen molar-refractivity contribution in [2.75, 3.05) is 26.1 Å². The summed E-state index contributed by atoms with van der Waals surface area (Å²) in [6.45, 7) is 0.131. The molecule has 1 aromatic carbocycles. The quantitative estimate of drug-likeness (QED) is 0.362. The average Bonchev–Trinajstić information content (AvgIpc) is 2.63. The Labute approximate surface area is 147 Å². The van der Waals surface area contributed by atoms with Gasteiger partial charge in [0.25, 0.3) is 5.56 Å². The summed E-state index contributed by atoms with van der Waals surface area (Å²) in [5.41, 5.74) is 1.62. The zero-order valence-corrected chi connectivity index (χ0v) is 14.2. The molecule has 11 heteroatoms. The lowest BCUT2D eigenvalue weighted by Crippen LogP contribution is -2.28. The molecule has 0 fully saturated rings. The number of hydrazone groups is 1. The molecule has 0 spiro atoms. The summed E-state index contributed by atoms with van der Waals surface area (Å²) in [5.74, 6) is 0.744. The number of aromatic nitrogens is 3. The van der Waals surface area contributed by atoms with Gasteiger partial charge >= 0.3 is 5.69 Å². The van der Waals surface area contributed by atoms with Crippen LogP contribution in [0, 0.1) is 0 Å². The molecule has 0 unspecified atom stereocenters. The van der Waals surface area contributed by atoms with Crippen LogP contribution in [0.15, 0.2) is 32.9 Å². The van der Waals surface area contributed by atoms with E-state index in [1.54, 1.807) is 25.3 Å². The van der Waals surface area contributed by atoms with Gasteiger partial charge in [-0.05, 0) is 18.2 Å². The van der Waals surface area contributed by atoms with Crippen LogP contribution < -0.4 is 31.5 Å². The van der Waals surface area contributed by atoms with E-state index in [9.17, 15) is 14.4 Å². The Hall–Kier alpha value is -3.63. The van der Waals surface area contributed by atoms with Gasteiger partial charge in [0.15, 0.2) is 0 Å². The van der Waals surface area contributed by atoms with Crippen LogP contribution >= 0.6 is 0 Å². The van der Waals surface area contributed by atoms with Crippen molar-refractivity contribution in [3.8, 4) is 11.5 Å². The first-order chi connectivity index (χ1) is 12.5. The molecule has 0 saturated heterocycles. The van der Waals surface area contributed by atoms with Crippen LogP contribution in [0.5, 0.6) is 11.5 Å². The highest BCUT2D eigenvalue weighted by atomic mass is 16.5. The molecule has 26 heavy (non-hydrogen) atoms. The maximum atomic E-state index is 11.8. The first-order valence-corrected chi connectivity index (χ1v) is 7.50. The van der Waals surface area contributed by atoms with Gasteiger partial charge in [0.2, 0.25) is 11.7 Å². The number of anilines is 1. The van der Waals surface area contributed by atoms with Crippen LogP contribution in [0.2, 0.25) is 0 Å². The fourth-order valence-corrected chi connectivity index (χ4v) is 1.93. The number of aromatic amines is 2. The highest BCUT2D eigenvalue weighted by molar-refractivity contribution is 5.85. The number of benzene rings is 1. The fraction of sp³-hybridized carbons (Fsp3) is 0.267. The van der Waals surface area contributed by atoms with E-state index in [0.717, 1.165) is 0 Å². The van der Waals surface area contributed by atoms with E-state index < -0.39 is 11.2 Å². The highest BCUT2D eigenvalue weighted by Crippen LogP contribution is 2.22. The van der Waals surface area contributed by atoms with Gasteiger partial charge in [-0.3, -0.25) is 14.6 Å². The van der Waals surface area contributed by atoms with Gasteiger partial charge in [-0.25, -0.2) is 15.3 Å². The molecular weight excluding hydrogens is 344 g/mol. The van der Waals surface area contributed by atoms with Crippen LogP contribution in [0.1, 0.15) is 12.0 Å². The molecule has 4 N–H and O–H groups in total. The topological polar surface area (TPSA) is 151 Å². The monoisotopic (exact) mass is 362 g/mol. The lowest BCUT2D eigenvalue weighted by molar-refractivity contribution is -0.120. The van der Waals surface area contributed by atoms with E-state index in [2.05, 4.69) is 26.0 Å².